The second-order valence-corrected chi connectivity index (χ2v) is 10.2. The molecular weight excluding hydrogens is 555 g/mol. The summed E-state index contributed by atoms with van der Waals surface area (Å²) in [6.07, 6.45) is 0. The SMILES string of the molecule is O=C(N=Nc1c(O)[nH]c2c(Cl)cc(Cl)cc12)c1ccc(NS(=O)(=O)c2ccc(Br)cc2)cc1. The zero-order valence-corrected chi connectivity index (χ0v) is 20.3. The van der Waals surface area contributed by atoms with E-state index in [0.29, 0.717) is 15.9 Å². The highest BCUT2D eigenvalue weighted by molar-refractivity contribution is 9.10. The maximum Gasteiger partial charge on any atom is 0.295 e. The fourth-order valence-electron chi connectivity index (χ4n) is 2.96. The fraction of sp³-hybridized carbons (Fsp3) is 0. The predicted molar refractivity (Wildman–Crippen MR) is 130 cm³/mol. The summed E-state index contributed by atoms with van der Waals surface area (Å²) < 4.78 is 28.2. The normalized spacial score (nSPS) is 11.8. The number of halogens is 3. The molecular formula is C21H13BrCl2N4O4S. The number of H-pyrrole nitrogens is 1. The lowest BCUT2D eigenvalue weighted by atomic mass is 10.2. The van der Waals surface area contributed by atoms with Gasteiger partial charge in [-0.2, -0.15) is 0 Å². The summed E-state index contributed by atoms with van der Waals surface area (Å²) in [6.45, 7) is 0. The van der Waals surface area contributed by atoms with Crippen LogP contribution in [0, 0.1) is 0 Å². The van der Waals surface area contributed by atoms with E-state index in [0.717, 1.165) is 4.47 Å². The number of nitrogens with one attached hydrogen (secondary N) is 2. The Hall–Kier alpha value is -2.92. The molecule has 0 saturated carbocycles. The van der Waals surface area contributed by atoms with Crippen LogP contribution < -0.4 is 4.72 Å². The Balaban J connectivity index is 1.52. The van der Waals surface area contributed by atoms with Crippen LogP contribution in [0.3, 0.4) is 0 Å². The molecule has 0 aliphatic heterocycles. The smallest absolute Gasteiger partial charge is 0.295 e. The molecule has 1 heterocycles. The van der Waals surface area contributed by atoms with Crippen molar-refractivity contribution in [2.24, 2.45) is 10.2 Å². The molecule has 33 heavy (non-hydrogen) atoms. The van der Waals surface area contributed by atoms with E-state index in [1.807, 2.05) is 0 Å². The number of hydrogen-bond acceptors (Lipinski definition) is 5. The van der Waals surface area contributed by atoms with E-state index in [9.17, 15) is 18.3 Å². The molecule has 8 nitrogen and oxygen atoms in total. The Bertz CT molecular complexity index is 1500. The highest BCUT2D eigenvalue weighted by atomic mass is 79.9. The van der Waals surface area contributed by atoms with Gasteiger partial charge in [-0.1, -0.05) is 39.1 Å². The number of amides is 1. The summed E-state index contributed by atoms with van der Waals surface area (Å²) in [5, 5.41) is 18.6. The second kappa shape index (κ2) is 9.14. The number of fused-ring (bicyclic) bond motifs is 1. The van der Waals surface area contributed by atoms with Crippen molar-refractivity contribution in [2.75, 3.05) is 4.72 Å². The summed E-state index contributed by atoms with van der Waals surface area (Å²) in [5.41, 5.74) is 0.856. The van der Waals surface area contributed by atoms with E-state index >= 15 is 0 Å². The molecule has 0 atom stereocenters. The molecule has 0 unspecified atom stereocenters. The second-order valence-electron chi connectivity index (χ2n) is 6.77. The van der Waals surface area contributed by atoms with Gasteiger partial charge in [-0.15, -0.1) is 10.2 Å². The zero-order valence-electron chi connectivity index (χ0n) is 16.4. The van der Waals surface area contributed by atoms with E-state index < -0.39 is 15.9 Å². The minimum atomic E-state index is -3.79. The number of benzene rings is 3. The van der Waals surface area contributed by atoms with Gasteiger partial charge in [-0.05, 0) is 60.7 Å². The van der Waals surface area contributed by atoms with Gasteiger partial charge < -0.3 is 10.1 Å². The summed E-state index contributed by atoms with van der Waals surface area (Å²) in [5.74, 6) is -1.01. The van der Waals surface area contributed by atoms with Crippen LogP contribution in [0.1, 0.15) is 10.4 Å². The van der Waals surface area contributed by atoms with Gasteiger partial charge in [0.25, 0.3) is 15.9 Å². The van der Waals surface area contributed by atoms with E-state index in [4.69, 9.17) is 23.2 Å². The van der Waals surface area contributed by atoms with Crippen LogP contribution in [0.4, 0.5) is 11.4 Å². The van der Waals surface area contributed by atoms with Crippen molar-refractivity contribution in [3.8, 4) is 5.88 Å². The standard InChI is InChI=1S/C21H13BrCl2N4O4S/c22-12-3-7-15(8-4-12)33(31,32)28-14-5-1-11(2-6-14)20(29)27-26-19-16-9-13(23)10-17(24)18(16)25-21(19)30/h1-10,25,28,30H. The predicted octanol–water partition coefficient (Wildman–Crippen LogP) is 6.67. The Kier molecular flexibility index (Phi) is 6.44. The molecule has 0 spiro atoms. The zero-order chi connectivity index (χ0) is 23.8. The number of anilines is 1. The number of carbonyl (C=O) groups is 1. The number of rotatable bonds is 5. The van der Waals surface area contributed by atoms with Crippen LogP contribution in [0.15, 0.2) is 80.3 Å². The molecule has 4 rings (SSSR count). The lowest BCUT2D eigenvalue weighted by molar-refractivity contribution is 0.0995. The molecule has 0 radical (unpaired) electrons. The van der Waals surface area contributed by atoms with E-state index in [1.165, 1.54) is 48.5 Å². The van der Waals surface area contributed by atoms with E-state index in [1.54, 1.807) is 12.1 Å². The number of azo groups is 1. The summed E-state index contributed by atoms with van der Waals surface area (Å²) in [6, 6.07) is 14.9. The van der Waals surface area contributed by atoms with Gasteiger partial charge in [0.15, 0.2) is 5.69 Å². The minimum absolute atomic E-state index is 0.0154. The van der Waals surface area contributed by atoms with Crippen LogP contribution in [0.2, 0.25) is 10.0 Å². The van der Waals surface area contributed by atoms with Crippen molar-refractivity contribution in [3.05, 3.63) is 80.7 Å². The average molecular weight is 568 g/mol. The van der Waals surface area contributed by atoms with Crippen molar-refractivity contribution < 1.29 is 18.3 Å². The van der Waals surface area contributed by atoms with Gasteiger partial charge in [0.1, 0.15) is 0 Å². The van der Waals surface area contributed by atoms with E-state index in [-0.39, 0.29) is 32.7 Å². The van der Waals surface area contributed by atoms with Crippen molar-refractivity contribution in [3.63, 3.8) is 0 Å². The first kappa shape index (κ1) is 23.2. The molecule has 4 aromatic rings. The third-order valence-corrected chi connectivity index (χ3v) is 6.97. The van der Waals surface area contributed by atoms with Crippen molar-refractivity contribution in [1.82, 2.24) is 4.98 Å². The molecule has 0 aliphatic carbocycles. The van der Waals surface area contributed by atoms with Gasteiger partial charge in [0.2, 0.25) is 5.88 Å². The van der Waals surface area contributed by atoms with Crippen molar-refractivity contribution in [1.29, 1.82) is 0 Å². The van der Waals surface area contributed by atoms with Crippen LogP contribution in [-0.4, -0.2) is 24.4 Å². The maximum absolute atomic E-state index is 12.5. The summed E-state index contributed by atoms with van der Waals surface area (Å²) >= 11 is 15.4. The Morgan fingerprint density at radius 2 is 1.70 bits per heavy atom. The molecule has 12 heteroatoms. The molecule has 168 valence electrons. The van der Waals surface area contributed by atoms with Crippen LogP contribution in [0.5, 0.6) is 5.88 Å². The summed E-state index contributed by atoms with van der Waals surface area (Å²) in [7, 11) is -3.79. The van der Waals surface area contributed by atoms with Gasteiger partial charge in [0.05, 0.1) is 15.4 Å². The quantitative estimate of drug-likeness (QED) is 0.233. The monoisotopic (exact) mass is 566 g/mol. The molecule has 3 aromatic carbocycles. The Labute approximate surface area is 206 Å². The molecule has 0 aliphatic rings. The first-order chi connectivity index (χ1) is 15.6. The van der Waals surface area contributed by atoms with E-state index in [2.05, 4.69) is 35.9 Å². The van der Waals surface area contributed by atoms with Crippen LogP contribution >= 0.6 is 39.1 Å². The molecule has 1 amide bonds. The summed E-state index contributed by atoms with van der Waals surface area (Å²) in [4.78, 5) is 15.2. The number of nitrogens with zero attached hydrogens (tertiary/aromatic N) is 2. The first-order valence-electron chi connectivity index (χ1n) is 9.18. The number of aromatic amines is 1. The number of hydrogen-bond donors (Lipinski definition) is 3. The average Bonchev–Trinajstić information content (AvgIpc) is 3.08. The minimum Gasteiger partial charge on any atom is -0.493 e. The Morgan fingerprint density at radius 1 is 1.03 bits per heavy atom. The molecule has 0 bridgehead atoms. The van der Waals surface area contributed by atoms with Gasteiger partial charge in [-0.25, -0.2) is 8.42 Å². The lowest BCUT2D eigenvalue weighted by Gasteiger charge is -2.08. The fourth-order valence-corrected chi connectivity index (χ4v) is 4.82. The highest BCUT2D eigenvalue weighted by Gasteiger charge is 2.16. The van der Waals surface area contributed by atoms with Crippen molar-refractivity contribution in [2.45, 2.75) is 4.90 Å². The first-order valence-corrected chi connectivity index (χ1v) is 12.2. The maximum atomic E-state index is 12.5. The number of aromatic hydroxyl groups is 1. The van der Waals surface area contributed by atoms with Gasteiger partial charge in [0, 0.05) is 26.1 Å². The van der Waals surface area contributed by atoms with Crippen LogP contribution in [0.25, 0.3) is 10.9 Å². The highest BCUT2D eigenvalue weighted by Crippen LogP contribution is 2.40. The topological polar surface area (TPSA) is 124 Å². The number of aromatic nitrogens is 1. The Morgan fingerprint density at radius 3 is 2.36 bits per heavy atom. The number of carbonyl (C=O) groups excluding carboxylic acids is 1. The molecule has 0 fully saturated rings. The van der Waals surface area contributed by atoms with Gasteiger partial charge in [-0.3, -0.25) is 9.52 Å². The third-order valence-electron chi connectivity index (χ3n) is 4.53. The van der Waals surface area contributed by atoms with Crippen LogP contribution in [-0.2, 0) is 10.0 Å². The number of sulfonamides is 1. The molecule has 1 aromatic heterocycles. The molecule has 3 N–H and O–H groups in total. The van der Waals surface area contributed by atoms with Gasteiger partial charge >= 0.3 is 0 Å². The lowest BCUT2D eigenvalue weighted by Crippen LogP contribution is -2.12. The largest absolute Gasteiger partial charge is 0.493 e. The van der Waals surface area contributed by atoms with Crippen molar-refractivity contribution >= 4 is 77.3 Å². The third kappa shape index (κ3) is 5.03. The molecule has 0 saturated heterocycles.